The van der Waals surface area contributed by atoms with E-state index < -0.39 is 0 Å². The molecule has 3 rings (SSSR count). The molecule has 3 atom stereocenters. The van der Waals surface area contributed by atoms with Crippen LogP contribution >= 0.6 is 0 Å². The van der Waals surface area contributed by atoms with Crippen molar-refractivity contribution in [2.45, 2.75) is 64.7 Å². The Morgan fingerprint density at radius 3 is 2.74 bits per heavy atom. The molecule has 0 saturated heterocycles. The van der Waals surface area contributed by atoms with Crippen LogP contribution in [0.2, 0.25) is 0 Å². The smallest absolute Gasteiger partial charge is 0.150 e. The Balaban J connectivity index is 2.29. The van der Waals surface area contributed by atoms with Crippen molar-refractivity contribution < 1.29 is 4.79 Å². The second-order valence-corrected chi connectivity index (χ2v) is 6.94. The van der Waals surface area contributed by atoms with E-state index in [0.717, 1.165) is 17.8 Å². The molecule has 0 aliphatic heterocycles. The van der Waals surface area contributed by atoms with Gasteiger partial charge in [-0.1, -0.05) is 20.3 Å². The van der Waals surface area contributed by atoms with Gasteiger partial charge in [0.15, 0.2) is 0 Å². The maximum absolute atomic E-state index is 11.3. The van der Waals surface area contributed by atoms with E-state index in [1.165, 1.54) is 42.4 Å². The van der Waals surface area contributed by atoms with Crippen molar-refractivity contribution in [1.82, 2.24) is 0 Å². The van der Waals surface area contributed by atoms with Crippen LogP contribution in [0.3, 0.4) is 0 Å². The third-order valence-electron chi connectivity index (χ3n) is 6.01. The summed E-state index contributed by atoms with van der Waals surface area (Å²) in [6.07, 6.45) is 6.36. The lowest BCUT2D eigenvalue weighted by molar-refractivity contribution is 0.112. The number of rotatable bonds is 1. The van der Waals surface area contributed by atoms with Gasteiger partial charge < -0.3 is 0 Å². The van der Waals surface area contributed by atoms with Gasteiger partial charge in [0.05, 0.1) is 0 Å². The van der Waals surface area contributed by atoms with E-state index in [9.17, 15) is 4.79 Å². The summed E-state index contributed by atoms with van der Waals surface area (Å²) in [5.74, 6) is 1.46. The van der Waals surface area contributed by atoms with Gasteiger partial charge in [0, 0.05) is 5.56 Å². The Morgan fingerprint density at radius 2 is 2.05 bits per heavy atom. The van der Waals surface area contributed by atoms with Gasteiger partial charge in [-0.2, -0.15) is 0 Å². The highest BCUT2D eigenvalue weighted by atomic mass is 16.1. The zero-order valence-electron chi connectivity index (χ0n) is 12.5. The van der Waals surface area contributed by atoms with Gasteiger partial charge in [-0.25, -0.2) is 0 Å². The third-order valence-corrected chi connectivity index (χ3v) is 6.01. The van der Waals surface area contributed by atoms with E-state index in [0.29, 0.717) is 11.3 Å². The molecule has 1 saturated carbocycles. The summed E-state index contributed by atoms with van der Waals surface area (Å²) >= 11 is 0. The van der Waals surface area contributed by atoms with Crippen LogP contribution in [0.25, 0.3) is 0 Å². The summed E-state index contributed by atoms with van der Waals surface area (Å²) in [5.41, 5.74) is 6.79. The predicted octanol–water partition coefficient (Wildman–Crippen LogP) is 4.68. The highest BCUT2D eigenvalue weighted by Gasteiger charge is 2.46. The fourth-order valence-electron chi connectivity index (χ4n) is 4.71. The molecule has 2 aliphatic carbocycles. The monoisotopic (exact) mass is 256 g/mol. The number of fused-ring (bicyclic) bond motifs is 3. The number of aldehydes is 1. The topological polar surface area (TPSA) is 17.1 Å². The molecule has 0 radical (unpaired) electrons. The quantitative estimate of drug-likeness (QED) is 0.667. The van der Waals surface area contributed by atoms with Gasteiger partial charge in [-0.3, -0.25) is 4.79 Å². The van der Waals surface area contributed by atoms with E-state index in [2.05, 4.69) is 33.8 Å². The minimum Gasteiger partial charge on any atom is -0.298 e. The predicted molar refractivity (Wildman–Crippen MR) is 79.0 cm³/mol. The number of hydrogen-bond donors (Lipinski definition) is 0. The Bertz CT molecular complexity index is 543. The molecule has 1 heteroatoms. The van der Waals surface area contributed by atoms with Gasteiger partial charge in [0.1, 0.15) is 6.29 Å². The van der Waals surface area contributed by atoms with Crippen LogP contribution in [0.5, 0.6) is 0 Å². The first kappa shape index (κ1) is 12.9. The summed E-state index contributed by atoms with van der Waals surface area (Å²) < 4.78 is 0. The molecule has 0 N–H and O–H groups in total. The average molecular weight is 256 g/mol. The van der Waals surface area contributed by atoms with Crippen LogP contribution in [0.1, 0.15) is 78.1 Å². The van der Waals surface area contributed by atoms with Gasteiger partial charge in [-0.05, 0) is 78.7 Å². The highest BCUT2D eigenvalue weighted by molar-refractivity contribution is 5.79. The van der Waals surface area contributed by atoms with E-state index in [-0.39, 0.29) is 0 Å². The van der Waals surface area contributed by atoms with Crippen LogP contribution in [0.15, 0.2) is 6.07 Å². The highest BCUT2D eigenvalue weighted by Crippen LogP contribution is 2.55. The molecular weight excluding hydrogens is 232 g/mol. The van der Waals surface area contributed by atoms with E-state index >= 15 is 0 Å². The number of carbonyl (C=O) groups excluding carboxylic acids is 1. The number of hydrogen-bond acceptors (Lipinski definition) is 1. The molecule has 1 nitrogen and oxygen atoms in total. The second-order valence-electron chi connectivity index (χ2n) is 6.94. The van der Waals surface area contributed by atoms with E-state index in [1.54, 1.807) is 5.56 Å². The minimum atomic E-state index is 0.318. The molecule has 0 bridgehead atoms. The first-order valence-corrected chi connectivity index (χ1v) is 7.58. The Morgan fingerprint density at radius 1 is 1.32 bits per heavy atom. The molecule has 3 unspecified atom stereocenters. The molecule has 19 heavy (non-hydrogen) atoms. The van der Waals surface area contributed by atoms with Gasteiger partial charge in [0.2, 0.25) is 0 Å². The van der Waals surface area contributed by atoms with Gasteiger partial charge >= 0.3 is 0 Å². The standard InChI is InChI=1S/C18H24O/c1-11-8-15-6-5-7-18(15,4)16-9-14(10-19)12(2)13(3)17(11)16/h9-11,15H,5-8H2,1-4H3. The summed E-state index contributed by atoms with van der Waals surface area (Å²) in [7, 11) is 0. The summed E-state index contributed by atoms with van der Waals surface area (Å²) in [5, 5.41) is 0. The van der Waals surface area contributed by atoms with Crippen LogP contribution < -0.4 is 0 Å². The zero-order valence-corrected chi connectivity index (χ0v) is 12.5. The molecule has 0 aromatic heterocycles. The molecule has 1 aromatic rings. The zero-order chi connectivity index (χ0) is 13.8. The molecule has 2 aliphatic rings. The average Bonchev–Trinajstić information content (AvgIpc) is 2.75. The molecular formula is C18H24O. The fourth-order valence-corrected chi connectivity index (χ4v) is 4.71. The lowest BCUT2D eigenvalue weighted by atomic mass is 9.61. The lowest BCUT2D eigenvalue weighted by Gasteiger charge is -2.43. The lowest BCUT2D eigenvalue weighted by Crippen LogP contribution is -2.34. The van der Waals surface area contributed by atoms with E-state index in [1.807, 2.05) is 0 Å². The van der Waals surface area contributed by atoms with Crippen LogP contribution in [-0.2, 0) is 5.41 Å². The summed E-state index contributed by atoms with van der Waals surface area (Å²) in [6.45, 7) is 9.09. The van der Waals surface area contributed by atoms with Crippen LogP contribution in [-0.4, -0.2) is 6.29 Å². The molecule has 0 heterocycles. The Hall–Kier alpha value is -1.11. The van der Waals surface area contributed by atoms with Crippen LogP contribution in [0.4, 0.5) is 0 Å². The maximum Gasteiger partial charge on any atom is 0.150 e. The maximum atomic E-state index is 11.3. The van der Waals surface area contributed by atoms with Gasteiger partial charge in [-0.15, -0.1) is 0 Å². The van der Waals surface area contributed by atoms with Crippen molar-refractivity contribution in [2.24, 2.45) is 5.92 Å². The molecule has 102 valence electrons. The van der Waals surface area contributed by atoms with Gasteiger partial charge in [0.25, 0.3) is 0 Å². The number of benzene rings is 1. The SMILES string of the molecule is Cc1c(C=O)cc2c(c1C)C(C)CC1CCCC21C. The van der Waals surface area contributed by atoms with Crippen molar-refractivity contribution in [3.8, 4) is 0 Å². The Labute approximate surface area is 116 Å². The Kier molecular flexibility index (Phi) is 2.85. The van der Waals surface area contributed by atoms with E-state index in [4.69, 9.17) is 0 Å². The largest absolute Gasteiger partial charge is 0.298 e. The first-order chi connectivity index (χ1) is 8.99. The van der Waals surface area contributed by atoms with Crippen LogP contribution in [0, 0.1) is 19.8 Å². The fraction of sp³-hybridized carbons (Fsp3) is 0.611. The first-order valence-electron chi connectivity index (χ1n) is 7.58. The second kappa shape index (κ2) is 4.19. The van der Waals surface area contributed by atoms with Crippen molar-refractivity contribution in [1.29, 1.82) is 0 Å². The number of carbonyl (C=O) groups is 1. The normalized spacial score (nSPS) is 32.8. The molecule has 1 aromatic carbocycles. The third kappa shape index (κ3) is 1.63. The summed E-state index contributed by atoms with van der Waals surface area (Å²) in [6, 6.07) is 2.21. The molecule has 0 spiro atoms. The minimum absolute atomic E-state index is 0.318. The van der Waals surface area contributed by atoms with Crippen molar-refractivity contribution >= 4 is 6.29 Å². The molecule has 1 fully saturated rings. The van der Waals surface area contributed by atoms with Crippen molar-refractivity contribution in [3.63, 3.8) is 0 Å². The molecule has 0 amide bonds. The van der Waals surface area contributed by atoms with Crippen molar-refractivity contribution in [3.05, 3.63) is 33.9 Å². The summed E-state index contributed by atoms with van der Waals surface area (Å²) in [4.78, 5) is 11.3. The van der Waals surface area contributed by atoms with Crippen molar-refractivity contribution in [2.75, 3.05) is 0 Å².